The second kappa shape index (κ2) is 4.65. The molecule has 0 amide bonds. The molecule has 3 nitrogen and oxygen atoms in total. The summed E-state index contributed by atoms with van der Waals surface area (Å²) in [7, 11) is 3.62. The molecule has 0 fully saturated rings. The quantitative estimate of drug-likeness (QED) is 0.902. The minimum atomic E-state index is 0.0454. The molecule has 0 spiro atoms. The maximum atomic E-state index is 5.95. The van der Waals surface area contributed by atoms with E-state index in [1.807, 2.05) is 19.2 Å². The van der Waals surface area contributed by atoms with Crippen LogP contribution in [0.15, 0.2) is 22.6 Å². The normalized spacial score (nSPS) is 12.1. The number of nitrogens with one attached hydrogen (secondary N) is 1. The molecule has 1 N–H and O–H groups in total. The topological polar surface area (TPSA) is 34.4 Å². The Kier molecular flexibility index (Phi) is 3.35. The number of hydrogen-bond donors (Lipinski definition) is 1. The van der Waals surface area contributed by atoms with Gasteiger partial charge in [-0.05, 0) is 30.7 Å². The first-order valence-corrected chi connectivity index (χ1v) is 6.22. The van der Waals surface area contributed by atoms with Gasteiger partial charge in [0, 0.05) is 10.9 Å². The van der Waals surface area contributed by atoms with Crippen LogP contribution in [-0.4, -0.2) is 14.2 Å². The second-order valence-corrected chi connectivity index (χ2v) is 5.54. The van der Waals surface area contributed by atoms with Crippen LogP contribution in [0, 0.1) is 0 Å². The lowest BCUT2D eigenvalue weighted by Gasteiger charge is -2.19. The number of hydrogen-bond acceptors (Lipinski definition) is 3. The smallest absolute Gasteiger partial charge is 0.134 e. The molecule has 1 heterocycles. The van der Waals surface area contributed by atoms with Crippen molar-refractivity contribution in [3.8, 4) is 5.75 Å². The van der Waals surface area contributed by atoms with Gasteiger partial charge in [0.25, 0.3) is 0 Å². The van der Waals surface area contributed by atoms with Crippen molar-refractivity contribution < 1.29 is 9.15 Å². The van der Waals surface area contributed by atoms with Crippen LogP contribution < -0.4 is 10.1 Å². The Morgan fingerprint density at radius 3 is 2.56 bits per heavy atom. The molecular formula is C15H21NO2. The van der Waals surface area contributed by atoms with Crippen molar-refractivity contribution in [3.05, 3.63) is 29.5 Å². The lowest BCUT2D eigenvalue weighted by Crippen LogP contribution is -2.15. The largest absolute Gasteiger partial charge is 0.497 e. The Morgan fingerprint density at radius 2 is 2.00 bits per heavy atom. The molecule has 0 unspecified atom stereocenters. The molecule has 2 aromatic rings. The third kappa shape index (κ3) is 2.23. The van der Waals surface area contributed by atoms with Crippen molar-refractivity contribution in [2.24, 2.45) is 0 Å². The van der Waals surface area contributed by atoms with E-state index in [2.05, 4.69) is 32.2 Å². The highest BCUT2D eigenvalue weighted by atomic mass is 16.5. The van der Waals surface area contributed by atoms with E-state index in [0.717, 1.165) is 29.0 Å². The average Bonchev–Trinajstić information content (AvgIpc) is 2.65. The van der Waals surface area contributed by atoms with Gasteiger partial charge in [0.05, 0.1) is 13.7 Å². The summed E-state index contributed by atoms with van der Waals surface area (Å²) in [6.07, 6.45) is 0. The standard InChI is InChI=1S/C15H21NO2/c1-15(2,3)14-11-8-10(17-5)6-7-12(11)18-13(14)9-16-4/h6-8,16H,9H2,1-5H3. The summed E-state index contributed by atoms with van der Waals surface area (Å²) >= 11 is 0. The summed E-state index contributed by atoms with van der Waals surface area (Å²) in [6.45, 7) is 7.35. The Balaban J connectivity index is 2.70. The van der Waals surface area contributed by atoms with Crippen molar-refractivity contribution in [1.82, 2.24) is 5.32 Å². The summed E-state index contributed by atoms with van der Waals surface area (Å²) < 4.78 is 11.2. The summed E-state index contributed by atoms with van der Waals surface area (Å²) in [4.78, 5) is 0. The fraction of sp³-hybridized carbons (Fsp3) is 0.467. The molecule has 0 aliphatic rings. The summed E-state index contributed by atoms with van der Waals surface area (Å²) in [5.74, 6) is 1.87. The van der Waals surface area contributed by atoms with E-state index in [1.54, 1.807) is 7.11 Å². The van der Waals surface area contributed by atoms with Gasteiger partial charge >= 0.3 is 0 Å². The van der Waals surface area contributed by atoms with E-state index >= 15 is 0 Å². The maximum Gasteiger partial charge on any atom is 0.134 e. The zero-order valence-electron chi connectivity index (χ0n) is 11.8. The number of rotatable bonds is 3. The predicted octanol–water partition coefficient (Wildman–Crippen LogP) is 3.46. The van der Waals surface area contributed by atoms with Gasteiger partial charge in [-0.2, -0.15) is 0 Å². The van der Waals surface area contributed by atoms with Crippen molar-refractivity contribution in [2.75, 3.05) is 14.2 Å². The van der Waals surface area contributed by atoms with Gasteiger partial charge in [-0.1, -0.05) is 20.8 Å². The first-order valence-electron chi connectivity index (χ1n) is 6.22. The Labute approximate surface area is 108 Å². The minimum Gasteiger partial charge on any atom is -0.497 e. The van der Waals surface area contributed by atoms with Crippen LogP contribution in [0.5, 0.6) is 5.75 Å². The summed E-state index contributed by atoms with van der Waals surface area (Å²) in [5, 5.41) is 4.31. The molecule has 1 aromatic carbocycles. The molecule has 2 rings (SSSR count). The van der Waals surface area contributed by atoms with Crippen molar-refractivity contribution in [3.63, 3.8) is 0 Å². The Bertz CT molecular complexity index is 549. The van der Waals surface area contributed by atoms with E-state index in [1.165, 1.54) is 5.56 Å². The molecule has 0 aliphatic carbocycles. The minimum absolute atomic E-state index is 0.0454. The third-order valence-electron chi connectivity index (χ3n) is 3.06. The van der Waals surface area contributed by atoms with E-state index < -0.39 is 0 Å². The first kappa shape index (κ1) is 13.0. The molecule has 0 bridgehead atoms. The Morgan fingerprint density at radius 1 is 1.28 bits per heavy atom. The number of ether oxygens (including phenoxy) is 1. The summed E-state index contributed by atoms with van der Waals surface area (Å²) in [5.41, 5.74) is 2.22. The lowest BCUT2D eigenvalue weighted by molar-refractivity contribution is 0.415. The van der Waals surface area contributed by atoms with Gasteiger partial charge in [-0.3, -0.25) is 0 Å². The molecule has 0 atom stereocenters. The maximum absolute atomic E-state index is 5.95. The fourth-order valence-corrected chi connectivity index (χ4v) is 2.36. The van der Waals surface area contributed by atoms with Gasteiger partial charge in [0.1, 0.15) is 17.1 Å². The van der Waals surface area contributed by atoms with E-state index in [0.29, 0.717) is 0 Å². The monoisotopic (exact) mass is 247 g/mol. The van der Waals surface area contributed by atoms with Crippen LogP contribution >= 0.6 is 0 Å². The van der Waals surface area contributed by atoms with Gasteiger partial charge in [-0.25, -0.2) is 0 Å². The SMILES string of the molecule is CNCc1oc2ccc(OC)cc2c1C(C)(C)C. The number of fused-ring (bicyclic) bond motifs is 1. The van der Waals surface area contributed by atoms with Crippen LogP contribution in [0.1, 0.15) is 32.1 Å². The predicted molar refractivity (Wildman–Crippen MR) is 74.2 cm³/mol. The second-order valence-electron chi connectivity index (χ2n) is 5.54. The molecule has 0 saturated heterocycles. The van der Waals surface area contributed by atoms with Gasteiger partial charge < -0.3 is 14.5 Å². The molecule has 0 radical (unpaired) electrons. The zero-order valence-corrected chi connectivity index (χ0v) is 11.8. The fourth-order valence-electron chi connectivity index (χ4n) is 2.36. The van der Waals surface area contributed by atoms with Crippen molar-refractivity contribution in [2.45, 2.75) is 32.7 Å². The van der Waals surface area contributed by atoms with Gasteiger partial charge in [0.2, 0.25) is 0 Å². The molecule has 18 heavy (non-hydrogen) atoms. The molecule has 0 saturated carbocycles. The number of furan rings is 1. The average molecular weight is 247 g/mol. The van der Waals surface area contributed by atoms with Gasteiger partial charge in [-0.15, -0.1) is 0 Å². The molecule has 1 aromatic heterocycles. The lowest BCUT2D eigenvalue weighted by atomic mass is 9.84. The molecule has 0 aliphatic heterocycles. The van der Waals surface area contributed by atoms with Crippen LogP contribution in [-0.2, 0) is 12.0 Å². The molecule has 3 heteroatoms. The van der Waals surface area contributed by atoms with E-state index in [-0.39, 0.29) is 5.41 Å². The third-order valence-corrected chi connectivity index (χ3v) is 3.06. The molecule has 98 valence electrons. The van der Waals surface area contributed by atoms with E-state index in [9.17, 15) is 0 Å². The van der Waals surface area contributed by atoms with Crippen molar-refractivity contribution in [1.29, 1.82) is 0 Å². The van der Waals surface area contributed by atoms with Crippen LogP contribution in [0.3, 0.4) is 0 Å². The number of methoxy groups -OCH3 is 1. The number of benzene rings is 1. The summed E-state index contributed by atoms with van der Waals surface area (Å²) in [6, 6.07) is 5.96. The molecular weight excluding hydrogens is 226 g/mol. The Hall–Kier alpha value is -1.48. The van der Waals surface area contributed by atoms with Crippen LogP contribution in [0.25, 0.3) is 11.0 Å². The highest BCUT2D eigenvalue weighted by Crippen LogP contribution is 2.37. The van der Waals surface area contributed by atoms with Crippen molar-refractivity contribution >= 4 is 11.0 Å². The van der Waals surface area contributed by atoms with Crippen LogP contribution in [0.2, 0.25) is 0 Å². The van der Waals surface area contributed by atoms with Crippen LogP contribution in [0.4, 0.5) is 0 Å². The van der Waals surface area contributed by atoms with Gasteiger partial charge in [0.15, 0.2) is 0 Å². The van der Waals surface area contributed by atoms with E-state index in [4.69, 9.17) is 9.15 Å². The highest BCUT2D eigenvalue weighted by molar-refractivity contribution is 5.85. The highest BCUT2D eigenvalue weighted by Gasteiger charge is 2.25. The zero-order chi connectivity index (χ0) is 13.3. The first-order chi connectivity index (χ1) is 8.47.